The Bertz CT molecular complexity index is 575. The van der Waals surface area contributed by atoms with Gasteiger partial charge in [-0.2, -0.15) is 0 Å². The molecule has 0 spiro atoms. The van der Waals surface area contributed by atoms with E-state index in [9.17, 15) is 4.79 Å². The topological polar surface area (TPSA) is 63.4 Å². The molecule has 0 amide bonds. The Labute approximate surface area is 105 Å². The average molecular weight is 248 g/mol. The number of hydrogen-bond acceptors (Lipinski definition) is 4. The molecule has 5 heteroatoms. The lowest BCUT2D eigenvalue weighted by molar-refractivity contribution is 0.0995. The number of benzene rings is 1. The van der Waals surface area contributed by atoms with Crippen molar-refractivity contribution in [3.05, 3.63) is 23.9 Å². The quantitative estimate of drug-likeness (QED) is 0.789. The van der Waals surface area contributed by atoms with Gasteiger partial charge < -0.3 is 19.8 Å². The second-order valence-electron chi connectivity index (χ2n) is 3.91. The van der Waals surface area contributed by atoms with Crippen molar-refractivity contribution in [1.82, 2.24) is 10.3 Å². The van der Waals surface area contributed by atoms with Crippen LogP contribution in [0, 0.1) is 0 Å². The third-order valence-corrected chi connectivity index (χ3v) is 2.82. The SMILES string of the molecule is CNCC(=O)c1c[nH]c2cc(OC)c(OC)cc12. The first-order chi connectivity index (χ1) is 8.71. The van der Waals surface area contributed by atoms with Gasteiger partial charge in [-0.1, -0.05) is 0 Å². The average Bonchev–Trinajstić information content (AvgIpc) is 2.79. The van der Waals surface area contributed by atoms with E-state index in [-0.39, 0.29) is 5.78 Å². The normalized spacial score (nSPS) is 10.6. The van der Waals surface area contributed by atoms with E-state index in [4.69, 9.17) is 9.47 Å². The predicted molar refractivity (Wildman–Crippen MR) is 69.7 cm³/mol. The maximum absolute atomic E-state index is 11.9. The molecule has 96 valence electrons. The highest BCUT2D eigenvalue weighted by atomic mass is 16.5. The Balaban J connectivity index is 2.55. The number of rotatable bonds is 5. The molecule has 18 heavy (non-hydrogen) atoms. The molecule has 0 saturated carbocycles. The Morgan fingerprint density at radius 1 is 1.28 bits per heavy atom. The summed E-state index contributed by atoms with van der Waals surface area (Å²) in [6, 6.07) is 3.64. The maximum atomic E-state index is 11.9. The summed E-state index contributed by atoms with van der Waals surface area (Å²) in [4.78, 5) is 15.0. The fourth-order valence-corrected chi connectivity index (χ4v) is 1.94. The highest BCUT2D eigenvalue weighted by molar-refractivity contribution is 6.09. The minimum atomic E-state index is 0.0379. The van der Waals surface area contributed by atoms with Crippen molar-refractivity contribution in [3.8, 4) is 11.5 Å². The predicted octanol–water partition coefficient (Wildman–Crippen LogP) is 1.59. The number of fused-ring (bicyclic) bond motifs is 1. The summed E-state index contributed by atoms with van der Waals surface area (Å²) in [7, 11) is 4.90. The summed E-state index contributed by atoms with van der Waals surface area (Å²) in [6.07, 6.45) is 1.71. The highest BCUT2D eigenvalue weighted by Gasteiger charge is 2.14. The number of methoxy groups -OCH3 is 2. The van der Waals surface area contributed by atoms with Crippen molar-refractivity contribution in [2.45, 2.75) is 0 Å². The molecule has 0 radical (unpaired) electrons. The van der Waals surface area contributed by atoms with E-state index in [0.29, 0.717) is 23.6 Å². The van der Waals surface area contributed by atoms with Crippen LogP contribution < -0.4 is 14.8 Å². The first-order valence-corrected chi connectivity index (χ1v) is 5.62. The number of aromatic amines is 1. The highest BCUT2D eigenvalue weighted by Crippen LogP contribution is 2.33. The van der Waals surface area contributed by atoms with Gasteiger partial charge in [0.05, 0.1) is 26.3 Å². The van der Waals surface area contributed by atoms with E-state index in [0.717, 1.165) is 10.9 Å². The zero-order valence-corrected chi connectivity index (χ0v) is 10.7. The van der Waals surface area contributed by atoms with Gasteiger partial charge >= 0.3 is 0 Å². The Morgan fingerprint density at radius 3 is 2.56 bits per heavy atom. The number of carbonyl (C=O) groups is 1. The fourth-order valence-electron chi connectivity index (χ4n) is 1.94. The molecular weight excluding hydrogens is 232 g/mol. The lowest BCUT2D eigenvalue weighted by Gasteiger charge is -2.07. The monoisotopic (exact) mass is 248 g/mol. The molecule has 0 aliphatic heterocycles. The van der Waals surface area contributed by atoms with E-state index in [1.165, 1.54) is 0 Å². The summed E-state index contributed by atoms with van der Waals surface area (Å²) in [5.74, 6) is 1.29. The van der Waals surface area contributed by atoms with Crippen LogP contribution in [0.15, 0.2) is 18.3 Å². The Hall–Kier alpha value is -2.01. The van der Waals surface area contributed by atoms with Gasteiger partial charge in [0.1, 0.15) is 0 Å². The van der Waals surface area contributed by atoms with Crippen molar-refractivity contribution in [2.75, 3.05) is 27.8 Å². The summed E-state index contributed by atoms with van der Waals surface area (Å²) in [5.41, 5.74) is 1.51. The molecule has 2 aromatic rings. The van der Waals surface area contributed by atoms with Crippen LogP contribution in [-0.4, -0.2) is 38.6 Å². The van der Waals surface area contributed by atoms with E-state index in [1.54, 1.807) is 27.5 Å². The molecule has 0 bridgehead atoms. The number of ketones is 1. The van der Waals surface area contributed by atoms with E-state index >= 15 is 0 Å². The van der Waals surface area contributed by atoms with Gasteiger partial charge in [-0.05, 0) is 13.1 Å². The van der Waals surface area contributed by atoms with Gasteiger partial charge in [-0.3, -0.25) is 4.79 Å². The van der Waals surface area contributed by atoms with Crippen LogP contribution in [0.1, 0.15) is 10.4 Å². The number of aromatic nitrogens is 1. The van der Waals surface area contributed by atoms with Gasteiger partial charge in [0.2, 0.25) is 0 Å². The van der Waals surface area contributed by atoms with Crippen LogP contribution in [0.3, 0.4) is 0 Å². The fraction of sp³-hybridized carbons (Fsp3) is 0.308. The van der Waals surface area contributed by atoms with Crippen molar-refractivity contribution in [2.24, 2.45) is 0 Å². The van der Waals surface area contributed by atoms with Crippen LogP contribution >= 0.6 is 0 Å². The molecule has 0 aliphatic rings. The molecule has 0 aliphatic carbocycles. The first kappa shape index (κ1) is 12.4. The van der Waals surface area contributed by atoms with E-state index in [2.05, 4.69) is 10.3 Å². The molecule has 1 aromatic carbocycles. The largest absolute Gasteiger partial charge is 0.493 e. The van der Waals surface area contributed by atoms with Crippen molar-refractivity contribution in [3.63, 3.8) is 0 Å². The minimum absolute atomic E-state index is 0.0379. The number of ether oxygens (including phenoxy) is 2. The second-order valence-corrected chi connectivity index (χ2v) is 3.91. The number of hydrogen-bond donors (Lipinski definition) is 2. The van der Waals surface area contributed by atoms with Gasteiger partial charge in [0.15, 0.2) is 17.3 Å². The molecule has 2 N–H and O–H groups in total. The smallest absolute Gasteiger partial charge is 0.178 e. The third-order valence-electron chi connectivity index (χ3n) is 2.82. The molecule has 0 unspecified atom stereocenters. The Kier molecular flexibility index (Phi) is 3.53. The number of likely N-dealkylation sites (N-methyl/N-ethyl adjacent to an activating group) is 1. The summed E-state index contributed by atoms with van der Waals surface area (Å²) < 4.78 is 10.5. The zero-order chi connectivity index (χ0) is 13.1. The van der Waals surface area contributed by atoms with E-state index in [1.807, 2.05) is 12.1 Å². The van der Waals surface area contributed by atoms with E-state index < -0.39 is 0 Å². The number of H-pyrrole nitrogens is 1. The van der Waals surface area contributed by atoms with Crippen LogP contribution in [0.5, 0.6) is 11.5 Å². The van der Waals surface area contributed by atoms with Gasteiger partial charge in [0.25, 0.3) is 0 Å². The van der Waals surface area contributed by atoms with Crippen LogP contribution in [0.2, 0.25) is 0 Å². The van der Waals surface area contributed by atoms with Crippen LogP contribution in [0.4, 0.5) is 0 Å². The second kappa shape index (κ2) is 5.10. The number of nitrogens with one attached hydrogen (secondary N) is 2. The van der Waals surface area contributed by atoms with Crippen molar-refractivity contribution < 1.29 is 14.3 Å². The lowest BCUT2D eigenvalue weighted by Crippen LogP contribution is -2.18. The van der Waals surface area contributed by atoms with Gasteiger partial charge in [0, 0.05) is 23.2 Å². The molecule has 1 aromatic heterocycles. The third kappa shape index (κ3) is 2.04. The molecule has 0 atom stereocenters. The Morgan fingerprint density at radius 2 is 1.94 bits per heavy atom. The maximum Gasteiger partial charge on any atom is 0.178 e. The van der Waals surface area contributed by atoms with Crippen molar-refractivity contribution >= 4 is 16.7 Å². The van der Waals surface area contributed by atoms with Crippen molar-refractivity contribution in [1.29, 1.82) is 0 Å². The van der Waals surface area contributed by atoms with Crippen LogP contribution in [0.25, 0.3) is 10.9 Å². The first-order valence-electron chi connectivity index (χ1n) is 5.62. The standard InChI is InChI=1S/C13H16N2O3/c1-14-7-11(16)9-6-15-10-5-13(18-3)12(17-2)4-8(9)10/h4-6,14-15H,7H2,1-3H3. The molecule has 2 rings (SSSR count). The molecule has 5 nitrogen and oxygen atoms in total. The number of Topliss-reactive ketones (excluding diaryl/α,β-unsaturated/α-hetero) is 1. The van der Waals surface area contributed by atoms with Crippen LogP contribution in [-0.2, 0) is 0 Å². The summed E-state index contributed by atoms with van der Waals surface area (Å²) in [6.45, 7) is 0.307. The lowest BCUT2D eigenvalue weighted by atomic mass is 10.1. The molecule has 1 heterocycles. The van der Waals surface area contributed by atoms with Gasteiger partial charge in [-0.25, -0.2) is 0 Å². The number of carbonyl (C=O) groups excluding carboxylic acids is 1. The summed E-state index contributed by atoms with van der Waals surface area (Å²) in [5, 5.41) is 3.69. The minimum Gasteiger partial charge on any atom is -0.493 e. The molecule has 0 fully saturated rings. The zero-order valence-electron chi connectivity index (χ0n) is 10.7. The molecular formula is C13H16N2O3. The summed E-state index contributed by atoms with van der Waals surface area (Å²) >= 11 is 0. The van der Waals surface area contributed by atoms with Gasteiger partial charge in [-0.15, -0.1) is 0 Å². The molecule has 0 saturated heterocycles.